The molecule has 0 spiro atoms. The number of allylic oxidation sites excluding steroid dienone is 6. The first-order valence-corrected chi connectivity index (χ1v) is 11.7. The number of hydrogen-bond donors (Lipinski definition) is 0. The van der Waals surface area contributed by atoms with Gasteiger partial charge in [0.25, 0.3) is 0 Å². The van der Waals surface area contributed by atoms with Gasteiger partial charge in [0.1, 0.15) is 0 Å². The molecule has 174 valence electrons. The fourth-order valence-corrected chi connectivity index (χ4v) is 3.95. The molecule has 1 heterocycles. The molecule has 0 bridgehead atoms. The molecule has 0 aromatic heterocycles. The monoisotopic (exact) mass is 447 g/mol. The third-order valence-electron chi connectivity index (χ3n) is 5.52. The van der Waals surface area contributed by atoms with Gasteiger partial charge in [-0.15, -0.1) is 0 Å². The average molecular weight is 448 g/mol. The lowest BCUT2D eigenvalue weighted by Crippen LogP contribution is -2.31. The summed E-state index contributed by atoms with van der Waals surface area (Å²) in [6.07, 6.45) is 11.4. The van der Waals surface area contributed by atoms with Crippen molar-refractivity contribution in [3.8, 4) is 0 Å². The Labute approximate surface area is 206 Å². The second-order valence-corrected chi connectivity index (χ2v) is 8.18. The molecule has 1 unspecified atom stereocenters. The lowest BCUT2D eigenvalue weighted by atomic mass is 9.83. The molecule has 0 saturated carbocycles. The fourth-order valence-electron chi connectivity index (χ4n) is 3.95. The number of hydrogen-bond acceptors (Lipinski definition) is 1. The number of fused-ring (bicyclic) bond motifs is 1. The van der Waals surface area contributed by atoms with E-state index >= 15 is 0 Å². The van der Waals surface area contributed by atoms with Gasteiger partial charge in [-0.1, -0.05) is 142 Å². The molecule has 1 heteroatoms. The first kappa shape index (κ1) is 26.6. The second-order valence-electron chi connectivity index (χ2n) is 8.18. The van der Waals surface area contributed by atoms with Crippen molar-refractivity contribution in [3.05, 3.63) is 169 Å². The van der Waals surface area contributed by atoms with Crippen LogP contribution in [0.2, 0.25) is 0 Å². The maximum atomic E-state index is 3.46. The molecule has 3 aromatic rings. The highest BCUT2D eigenvalue weighted by atomic mass is 15.1. The van der Waals surface area contributed by atoms with Crippen molar-refractivity contribution in [2.24, 2.45) is 0 Å². The van der Waals surface area contributed by atoms with Gasteiger partial charge in [0.15, 0.2) is 0 Å². The zero-order chi connectivity index (χ0) is 24.6. The van der Waals surface area contributed by atoms with E-state index in [0.29, 0.717) is 5.92 Å². The molecule has 1 nitrogen and oxygen atoms in total. The number of nitrogens with zero attached hydrogens (tertiary/aromatic N) is 1. The molecule has 3 aromatic carbocycles. The van der Waals surface area contributed by atoms with Crippen LogP contribution in [0, 0.1) is 0 Å². The Kier molecular flexibility index (Phi) is 11.9. The summed E-state index contributed by atoms with van der Waals surface area (Å²) >= 11 is 0. The lowest BCUT2D eigenvalue weighted by Gasteiger charge is -2.33. The van der Waals surface area contributed by atoms with Crippen molar-refractivity contribution >= 4 is 0 Å². The highest BCUT2D eigenvalue weighted by Gasteiger charge is 2.24. The predicted molar refractivity (Wildman–Crippen MR) is 150 cm³/mol. The van der Waals surface area contributed by atoms with Crippen molar-refractivity contribution in [2.75, 3.05) is 13.6 Å². The predicted octanol–water partition coefficient (Wildman–Crippen LogP) is 8.13. The van der Waals surface area contributed by atoms with Gasteiger partial charge >= 0.3 is 0 Å². The van der Waals surface area contributed by atoms with Crippen molar-refractivity contribution in [2.45, 2.75) is 18.9 Å². The fraction of sp³-hybridized carbons (Fsp3) is 0.152. The number of benzene rings is 3. The minimum Gasteiger partial charge on any atom is -0.301 e. The third kappa shape index (κ3) is 8.69. The smallest absolute Gasteiger partial charge is 0.0234 e. The average Bonchev–Trinajstić information content (AvgIpc) is 2.89. The zero-order valence-electron chi connectivity index (χ0n) is 20.4. The van der Waals surface area contributed by atoms with Gasteiger partial charge in [-0.25, -0.2) is 0 Å². The van der Waals surface area contributed by atoms with Crippen LogP contribution in [-0.4, -0.2) is 18.5 Å². The first-order chi connectivity index (χ1) is 16.6. The Hall–Kier alpha value is -3.68. The minimum atomic E-state index is 0.468. The Morgan fingerprint density at radius 3 is 1.88 bits per heavy atom. The van der Waals surface area contributed by atoms with Gasteiger partial charge < -0.3 is 4.90 Å². The quantitative estimate of drug-likeness (QED) is 0.345. The molecule has 0 aliphatic carbocycles. The van der Waals surface area contributed by atoms with Gasteiger partial charge in [-0.3, -0.25) is 0 Å². The van der Waals surface area contributed by atoms with Crippen LogP contribution in [0.3, 0.4) is 0 Å². The van der Waals surface area contributed by atoms with E-state index in [1.165, 1.54) is 27.8 Å². The topological polar surface area (TPSA) is 3.24 Å². The summed E-state index contributed by atoms with van der Waals surface area (Å²) in [5.74, 6) is 0.468. The van der Waals surface area contributed by atoms with Crippen molar-refractivity contribution in [1.29, 1.82) is 0 Å². The maximum Gasteiger partial charge on any atom is 0.0234 e. The van der Waals surface area contributed by atoms with Gasteiger partial charge in [0.2, 0.25) is 0 Å². The second kappa shape index (κ2) is 15.2. The van der Waals surface area contributed by atoms with Gasteiger partial charge in [-0.05, 0) is 41.3 Å². The standard InChI is InChI=1S/C23H23N.C6H8.C4H6/c1-24-16-21-13-12-19(14-18-8-4-2-5-9-18)15-22(21)23(17-24)20-10-6-3-7-11-20;1-3-5-6-4-2;1-3-4-2/h2-13,15,23H,14,16-17H2,1H3;3-6H,1-2H2;3-4H,1-2H2/b;6-5-;. The van der Waals surface area contributed by atoms with Crippen LogP contribution in [0.15, 0.2) is 142 Å². The summed E-state index contributed by atoms with van der Waals surface area (Å²) in [6, 6.07) is 28.7. The van der Waals surface area contributed by atoms with E-state index < -0.39 is 0 Å². The van der Waals surface area contributed by atoms with E-state index in [-0.39, 0.29) is 0 Å². The molecule has 0 N–H and O–H groups in total. The molecule has 4 rings (SSSR count). The summed E-state index contributed by atoms with van der Waals surface area (Å²) in [7, 11) is 2.22. The van der Waals surface area contributed by atoms with Crippen LogP contribution in [0.1, 0.15) is 33.7 Å². The van der Waals surface area contributed by atoms with Crippen LogP contribution >= 0.6 is 0 Å². The van der Waals surface area contributed by atoms with Crippen molar-refractivity contribution in [1.82, 2.24) is 4.90 Å². The SMILES string of the molecule is C=C/C=C\C=C.C=CC=C.CN1Cc2ccc(Cc3ccccc3)cc2C(c2ccccc2)C1. The van der Waals surface area contributed by atoms with Crippen LogP contribution < -0.4 is 0 Å². The maximum absolute atomic E-state index is 3.46. The molecule has 0 saturated heterocycles. The molecule has 1 aliphatic heterocycles. The Morgan fingerprint density at radius 2 is 1.32 bits per heavy atom. The van der Waals surface area contributed by atoms with Gasteiger partial charge in [0, 0.05) is 19.0 Å². The molecule has 1 aliphatic rings. The van der Waals surface area contributed by atoms with Crippen LogP contribution in [0.25, 0.3) is 0 Å². The normalized spacial score (nSPS) is 14.4. The molecule has 0 radical (unpaired) electrons. The summed E-state index contributed by atoms with van der Waals surface area (Å²) in [5, 5.41) is 0. The number of likely N-dealkylation sites (N-methyl/N-ethyl adjacent to an activating group) is 1. The zero-order valence-corrected chi connectivity index (χ0v) is 20.4. The third-order valence-corrected chi connectivity index (χ3v) is 5.52. The Bertz CT molecular complexity index is 1040. The molecule has 0 amide bonds. The first-order valence-electron chi connectivity index (χ1n) is 11.7. The molecular formula is C33H37N. The van der Waals surface area contributed by atoms with Gasteiger partial charge in [-0.2, -0.15) is 0 Å². The molecule has 0 fully saturated rings. The lowest BCUT2D eigenvalue weighted by molar-refractivity contribution is 0.295. The van der Waals surface area contributed by atoms with E-state index in [1.54, 1.807) is 24.3 Å². The summed E-state index contributed by atoms with van der Waals surface area (Å²) in [5.41, 5.74) is 7.18. The Morgan fingerprint density at radius 1 is 0.735 bits per heavy atom. The highest BCUT2D eigenvalue weighted by molar-refractivity contribution is 5.43. The summed E-state index contributed by atoms with van der Waals surface area (Å²) in [6.45, 7) is 15.8. The van der Waals surface area contributed by atoms with Gasteiger partial charge in [0.05, 0.1) is 0 Å². The minimum absolute atomic E-state index is 0.468. The number of rotatable bonds is 6. The Balaban J connectivity index is 0.000000347. The molecule has 1 atom stereocenters. The summed E-state index contributed by atoms with van der Waals surface area (Å²) in [4.78, 5) is 2.43. The van der Waals surface area contributed by atoms with E-state index in [9.17, 15) is 0 Å². The van der Waals surface area contributed by atoms with E-state index in [2.05, 4.69) is 117 Å². The summed E-state index contributed by atoms with van der Waals surface area (Å²) < 4.78 is 0. The molecular weight excluding hydrogens is 410 g/mol. The van der Waals surface area contributed by atoms with Crippen molar-refractivity contribution < 1.29 is 0 Å². The van der Waals surface area contributed by atoms with E-state index in [4.69, 9.17) is 0 Å². The van der Waals surface area contributed by atoms with Crippen LogP contribution in [0.5, 0.6) is 0 Å². The highest BCUT2D eigenvalue weighted by Crippen LogP contribution is 2.34. The van der Waals surface area contributed by atoms with E-state index in [1.807, 2.05) is 12.2 Å². The molecule has 34 heavy (non-hydrogen) atoms. The van der Waals surface area contributed by atoms with E-state index in [0.717, 1.165) is 19.5 Å². The van der Waals surface area contributed by atoms with Crippen molar-refractivity contribution in [3.63, 3.8) is 0 Å². The van der Waals surface area contributed by atoms with Crippen LogP contribution in [0.4, 0.5) is 0 Å². The van der Waals surface area contributed by atoms with Crippen LogP contribution in [-0.2, 0) is 13.0 Å². The largest absolute Gasteiger partial charge is 0.301 e.